The van der Waals surface area contributed by atoms with Gasteiger partial charge < -0.3 is 4.84 Å². The molecule has 0 saturated heterocycles. The van der Waals surface area contributed by atoms with Crippen molar-refractivity contribution in [2.45, 2.75) is 24.9 Å². The van der Waals surface area contributed by atoms with E-state index in [4.69, 9.17) is 16.4 Å². The first kappa shape index (κ1) is 14.2. The van der Waals surface area contributed by atoms with E-state index in [9.17, 15) is 4.79 Å². The minimum Gasteiger partial charge on any atom is -0.380 e. The Kier molecular flexibility index (Phi) is 3.31. The van der Waals surface area contributed by atoms with Crippen LogP contribution in [0.15, 0.2) is 48.5 Å². The molecule has 1 aromatic heterocycles. The lowest BCUT2D eigenvalue weighted by Crippen LogP contribution is -2.54. The van der Waals surface area contributed by atoms with Gasteiger partial charge in [0.25, 0.3) is 0 Å². The Morgan fingerprint density at radius 3 is 2.61 bits per heavy atom. The monoisotopic (exact) mass is 327 g/mol. The van der Waals surface area contributed by atoms with Gasteiger partial charge in [-0.1, -0.05) is 40.7 Å². The Morgan fingerprint density at radius 1 is 1.13 bits per heavy atom. The molecule has 0 N–H and O–H groups in total. The van der Waals surface area contributed by atoms with Crippen LogP contribution in [-0.2, 0) is 0 Å². The van der Waals surface area contributed by atoms with Gasteiger partial charge in [0.15, 0.2) is 5.60 Å². The van der Waals surface area contributed by atoms with Crippen molar-refractivity contribution >= 4 is 28.4 Å². The van der Waals surface area contributed by atoms with Crippen molar-refractivity contribution in [2.24, 2.45) is 0 Å². The Bertz CT molecular complexity index is 886. The third-order valence-corrected chi connectivity index (χ3v) is 4.61. The van der Waals surface area contributed by atoms with Crippen LogP contribution < -0.4 is 4.84 Å². The van der Waals surface area contributed by atoms with Gasteiger partial charge in [0, 0.05) is 5.56 Å². The van der Waals surface area contributed by atoms with E-state index in [0.29, 0.717) is 23.4 Å². The number of rotatable bonds is 4. The van der Waals surface area contributed by atoms with E-state index in [1.165, 1.54) is 4.85 Å². The molecule has 0 unspecified atom stereocenters. The van der Waals surface area contributed by atoms with E-state index in [1.807, 2.05) is 24.3 Å². The molecule has 1 aliphatic rings. The molecule has 5 nitrogen and oxygen atoms in total. The van der Waals surface area contributed by atoms with Gasteiger partial charge in [-0.3, -0.25) is 4.79 Å². The van der Waals surface area contributed by atoms with Crippen LogP contribution in [0, 0.1) is 0 Å². The van der Waals surface area contributed by atoms with Crippen molar-refractivity contribution < 1.29 is 9.63 Å². The number of carbonyl (C=O) groups is 1. The number of ketones is 1. The Morgan fingerprint density at radius 2 is 1.87 bits per heavy atom. The predicted octanol–water partition coefficient (Wildman–Crippen LogP) is 3.32. The van der Waals surface area contributed by atoms with Crippen molar-refractivity contribution in [3.05, 3.63) is 59.1 Å². The summed E-state index contributed by atoms with van der Waals surface area (Å²) in [5.41, 5.74) is 1.04. The van der Waals surface area contributed by atoms with E-state index in [-0.39, 0.29) is 5.78 Å². The molecule has 23 heavy (non-hydrogen) atoms. The molecule has 1 heterocycles. The lowest BCUT2D eigenvalue weighted by molar-refractivity contribution is -0.0864. The van der Waals surface area contributed by atoms with Crippen molar-refractivity contribution in [1.82, 2.24) is 15.2 Å². The predicted molar refractivity (Wildman–Crippen MR) is 86.5 cm³/mol. The van der Waals surface area contributed by atoms with Crippen molar-refractivity contribution in [1.29, 1.82) is 0 Å². The summed E-state index contributed by atoms with van der Waals surface area (Å²) in [6.45, 7) is 0. The summed E-state index contributed by atoms with van der Waals surface area (Å²) in [7, 11) is 0. The van der Waals surface area contributed by atoms with Crippen molar-refractivity contribution in [3.8, 4) is 0 Å². The van der Waals surface area contributed by atoms with Gasteiger partial charge in [-0.25, -0.2) is 0 Å². The number of para-hydroxylation sites is 1. The second kappa shape index (κ2) is 5.35. The van der Waals surface area contributed by atoms with Gasteiger partial charge in [-0.15, -0.1) is 5.10 Å². The molecule has 3 aromatic rings. The van der Waals surface area contributed by atoms with E-state index < -0.39 is 5.60 Å². The van der Waals surface area contributed by atoms with E-state index >= 15 is 0 Å². The summed E-state index contributed by atoms with van der Waals surface area (Å²) in [6.07, 6.45) is 2.22. The Hall–Kier alpha value is -2.40. The van der Waals surface area contributed by atoms with Gasteiger partial charge in [0.2, 0.25) is 5.78 Å². The number of carbonyl (C=O) groups excluding carboxylic acids is 1. The molecular weight excluding hydrogens is 314 g/mol. The number of Topliss-reactive ketones (excluding diaryl/α,β-unsaturated/α-hetero) is 1. The van der Waals surface area contributed by atoms with Crippen molar-refractivity contribution in [3.63, 3.8) is 0 Å². The third-order valence-electron chi connectivity index (χ3n) is 4.28. The molecular formula is C17H14ClN3O2. The maximum absolute atomic E-state index is 13.0. The van der Waals surface area contributed by atoms with Gasteiger partial charge in [0.1, 0.15) is 11.0 Å². The second-order valence-electron chi connectivity index (χ2n) is 5.70. The highest BCUT2D eigenvalue weighted by Gasteiger charge is 2.49. The summed E-state index contributed by atoms with van der Waals surface area (Å²) in [5, 5.41) is 8.52. The quantitative estimate of drug-likeness (QED) is 0.690. The van der Waals surface area contributed by atoms with Crippen LogP contribution in [-0.4, -0.2) is 26.5 Å². The highest BCUT2D eigenvalue weighted by atomic mass is 35.5. The van der Waals surface area contributed by atoms with Gasteiger partial charge in [-0.2, -0.15) is 0 Å². The first-order chi connectivity index (χ1) is 11.2. The lowest BCUT2D eigenvalue weighted by Gasteiger charge is -2.39. The van der Waals surface area contributed by atoms with Crippen LogP contribution in [0.4, 0.5) is 0 Å². The van der Waals surface area contributed by atoms with E-state index in [0.717, 1.165) is 17.5 Å². The van der Waals surface area contributed by atoms with Crippen LogP contribution in [0.2, 0.25) is 5.02 Å². The molecule has 0 atom stereocenters. The first-order valence-corrected chi connectivity index (χ1v) is 7.87. The summed E-state index contributed by atoms with van der Waals surface area (Å²) >= 11 is 6.17. The average molecular weight is 328 g/mol. The fourth-order valence-corrected chi connectivity index (χ4v) is 3.05. The zero-order valence-corrected chi connectivity index (χ0v) is 13.0. The summed E-state index contributed by atoms with van der Waals surface area (Å²) < 4.78 is 0. The number of benzene rings is 2. The molecule has 6 heteroatoms. The minimum absolute atomic E-state index is 0.103. The Labute approximate surface area is 137 Å². The van der Waals surface area contributed by atoms with Crippen LogP contribution in [0.25, 0.3) is 11.0 Å². The molecule has 0 radical (unpaired) electrons. The average Bonchev–Trinajstić information content (AvgIpc) is 2.94. The SMILES string of the molecule is O=C(c1ccccc1Cl)C1(On2nnc3ccccc32)CCC1. The topological polar surface area (TPSA) is 57.0 Å². The molecule has 0 bridgehead atoms. The van der Waals surface area contributed by atoms with Gasteiger partial charge >= 0.3 is 0 Å². The number of fused-ring (bicyclic) bond motifs is 1. The summed E-state index contributed by atoms with van der Waals surface area (Å²) in [4.78, 5) is 20.3. The zero-order valence-electron chi connectivity index (χ0n) is 12.3. The molecule has 1 saturated carbocycles. The largest absolute Gasteiger partial charge is 0.380 e. The summed E-state index contributed by atoms with van der Waals surface area (Å²) in [5.74, 6) is -0.103. The number of aromatic nitrogens is 3. The van der Waals surface area contributed by atoms with Crippen LogP contribution >= 0.6 is 11.6 Å². The molecule has 0 aliphatic heterocycles. The number of halogens is 1. The molecule has 1 fully saturated rings. The lowest BCUT2D eigenvalue weighted by atomic mass is 9.75. The van der Waals surface area contributed by atoms with Crippen molar-refractivity contribution in [2.75, 3.05) is 0 Å². The minimum atomic E-state index is -0.915. The normalized spacial score (nSPS) is 16.0. The fourth-order valence-electron chi connectivity index (χ4n) is 2.83. The highest BCUT2D eigenvalue weighted by molar-refractivity contribution is 6.34. The number of hydrogen-bond acceptors (Lipinski definition) is 4. The number of hydrogen-bond donors (Lipinski definition) is 0. The molecule has 4 rings (SSSR count). The maximum Gasteiger partial charge on any atom is 0.210 e. The smallest absolute Gasteiger partial charge is 0.210 e. The van der Waals surface area contributed by atoms with Crippen LogP contribution in [0.3, 0.4) is 0 Å². The summed E-state index contributed by atoms with van der Waals surface area (Å²) in [6, 6.07) is 14.5. The zero-order chi connectivity index (χ0) is 15.9. The standard InChI is InChI=1S/C17H14ClN3O2/c18-13-7-2-1-6-12(13)16(22)17(10-5-11-17)23-21-15-9-4-3-8-14(15)19-20-21/h1-4,6-9H,5,10-11H2. The molecule has 0 spiro atoms. The number of nitrogens with zero attached hydrogens (tertiary/aromatic N) is 3. The molecule has 2 aromatic carbocycles. The van der Waals surface area contributed by atoms with Gasteiger partial charge in [0.05, 0.1) is 5.02 Å². The molecule has 116 valence electrons. The molecule has 0 amide bonds. The van der Waals surface area contributed by atoms with Gasteiger partial charge in [-0.05, 0) is 48.7 Å². The first-order valence-electron chi connectivity index (χ1n) is 7.49. The highest BCUT2D eigenvalue weighted by Crippen LogP contribution is 2.38. The fraction of sp³-hybridized carbons (Fsp3) is 0.235. The van der Waals surface area contributed by atoms with E-state index in [2.05, 4.69) is 10.3 Å². The van der Waals surface area contributed by atoms with Crippen LogP contribution in [0.1, 0.15) is 29.6 Å². The van der Waals surface area contributed by atoms with Crippen LogP contribution in [0.5, 0.6) is 0 Å². The Balaban J connectivity index is 1.70. The maximum atomic E-state index is 13.0. The van der Waals surface area contributed by atoms with E-state index in [1.54, 1.807) is 24.3 Å². The third kappa shape index (κ3) is 2.28. The second-order valence-corrected chi connectivity index (χ2v) is 6.11. The molecule has 1 aliphatic carbocycles.